The van der Waals surface area contributed by atoms with Gasteiger partial charge in [-0.05, 0) is 26.0 Å². The molecule has 4 heteroatoms. The number of Topliss-reactive ketones (excluding diaryl/α,β-unsaturated/α-hetero) is 1. The Labute approximate surface area is 88.9 Å². The first-order valence-electron chi connectivity index (χ1n) is 4.94. The van der Waals surface area contributed by atoms with Crippen molar-refractivity contribution in [2.45, 2.75) is 13.8 Å². The molecule has 0 saturated heterocycles. The van der Waals surface area contributed by atoms with Crippen LogP contribution in [0.5, 0.6) is 0 Å². The molecule has 0 aliphatic carbocycles. The average Bonchev–Trinajstić information content (AvgIpc) is 2.30. The van der Waals surface area contributed by atoms with Crippen LogP contribution in [0.2, 0.25) is 0 Å². The summed E-state index contributed by atoms with van der Waals surface area (Å²) in [5.74, 6) is -0.924. The van der Waals surface area contributed by atoms with Crippen molar-refractivity contribution in [2.75, 3.05) is 13.1 Å². The molecular weight excluding hydrogens is 192 g/mol. The van der Waals surface area contributed by atoms with Gasteiger partial charge in [-0.2, -0.15) is 0 Å². The molecule has 0 radical (unpaired) electrons. The molecule has 0 spiro atoms. The Hall–Kier alpha value is -1.71. The predicted molar refractivity (Wildman–Crippen MR) is 56.5 cm³/mol. The predicted octanol–water partition coefficient (Wildman–Crippen LogP) is 1.13. The third-order valence-corrected chi connectivity index (χ3v) is 2.19. The van der Waals surface area contributed by atoms with E-state index in [1.54, 1.807) is 12.1 Å². The van der Waals surface area contributed by atoms with E-state index in [-0.39, 0.29) is 0 Å². The molecule has 1 aromatic rings. The number of ketones is 1. The zero-order valence-corrected chi connectivity index (χ0v) is 8.93. The second kappa shape index (κ2) is 5.24. The number of hydrogen-bond acceptors (Lipinski definition) is 3. The lowest BCUT2D eigenvalue weighted by atomic mass is 10.1. The maximum Gasteiger partial charge on any atom is 0.294 e. The molecule has 0 aliphatic rings. The fourth-order valence-electron chi connectivity index (χ4n) is 1.28. The Balaban J connectivity index is 2.82. The highest BCUT2D eigenvalue weighted by Crippen LogP contribution is 2.01. The van der Waals surface area contributed by atoms with Crippen LogP contribution in [0.1, 0.15) is 24.2 Å². The molecule has 15 heavy (non-hydrogen) atoms. The molecule has 0 atom stereocenters. The first-order valence-corrected chi connectivity index (χ1v) is 4.94. The van der Waals surface area contributed by atoms with Crippen LogP contribution in [0, 0.1) is 0 Å². The molecule has 0 N–H and O–H groups in total. The minimum absolute atomic E-state index is 0.391. The molecule has 0 unspecified atom stereocenters. The standard InChI is InChI=1S/C11H14N2O2/c1-3-13(4-2)11(15)10(14)9-5-7-12-8-6-9/h5-8H,3-4H2,1-2H3. The van der Waals surface area contributed by atoms with Gasteiger partial charge >= 0.3 is 0 Å². The fraction of sp³-hybridized carbons (Fsp3) is 0.364. The van der Waals surface area contributed by atoms with Gasteiger partial charge < -0.3 is 4.90 Å². The lowest BCUT2D eigenvalue weighted by molar-refractivity contribution is -0.126. The Morgan fingerprint density at radius 1 is 1.20 bits per heavy atom. The first-order chi connectivity index (χ1) is 7.20. The topological polar surface area (TPSA) is 50.3 Å². The maximum absolute atomic E-state index is 11.7. The van der Waals surface area contributed by atoms with E-state index >= 15 is 0 Å². The van der Waals surface area contributed by atoms with E-state index in [0.29, 0.717) is 18.7 Å². The molecule has 1 rings (SSSR count). The number of amides is 1. The van der Waals surface area contributed by atoms with Gasteiger partial charge in [-0.3, -0.25) is 14.6 Å². The quantitative estimate of drug-likeness (QED) is 0.548. The second-order valence-corrected chi connectivity index (χ2v) is 3.04. The van der Waals surface area contributed by atoms with Gasteiger partial charge in [-0.25, -0.2) is 0 Å². The van der Waals surface area contributed by atoms with E-state index < -0.39 is 11.7 Å². The van der Waals surface area contributed by atoms with Crippen molar-refractivity contribution < 1.29 is 9.59 Å². The van der Waals surface area contributed by atoms with Crippen LogP contribution in [0.3, 0.4) is 0 Å². The third kappa shape index (κ3) is 2.62. The van der Waals surface area contributed by atoms with E-state index in [2.05, 4.69) is 4.98 Å². The van der Waals surface area contributed by atoms with Gasteiger partial charge in [0.25, 0.3) is 5.91 Å². The average molecular weight is 206 g/mol. The molecule has 4 nitrogen and oxygen atoms in total. The van der Waals surface area contributed by atoms with Crippen molar-refractivity contribution >= 4 is 11.7 Å². The summed E-state index contributed by atoms with van der Waals surface area (Å²) in [6.07, 6.45) is 3.01. The van der Waals surface area contributed by atoms with Crippen LogP contribution >= 0.6 is 0 Å². The number of pyridine rings is 1. The monoisotopic (exact) mass is 206 g/mol. The molecule has 0 bridgehead atoms. The summed E-state index contributed by atoms with van der Waals surface area (Å²) >= 11 is 0. The SMILES string of the molecule is CCN(CC)C(=O)C(=O)c1ccncc1. The van der Waals surface area contributed by atoms with Crippen LogP contribution in [-0.4, -0.2) is 34.7 Å². The Morgan fingerprint density at radius 2 is 1.73 bits per heavy atom. The van der Waals surface area contributed by atoms with Crippen LogP contribution in [0.25, 0.3) is 0 Å². The van der Waals surface area contributed by atoms with Crippen molar-refractivity contribution in [3.05, 3.63) is 30.1 Å². The zero-order chi connectivity index (χ0) is 11.3. The van der Waals surface area contributed by atoms with Crippen molar-refractivity contribution in [1.82, 2.24) is 9.88 Å². The highest BCUT2D eigenvalue weighted by molar-refractivity contribution is 6.42. The maximum atomic E-state index is 11.7. The van der Waals surface area contributed by atoms with E-state index in [0.717, 1.165) is 0 Å². The molecular formula is C11H14N2O2. The van der Waals surface area contributed by atoms with E-state index in [1.807, 2.05) is 13.8 Å². The molecule has 0 saturated carbocycles. The van der Waals surface area contributed by atoms with Crippen LogP contribution in [0.4, 0.5) is 0 Å². The number of carbonyl (C=O) groups excluding carboxylic acids is 2. The van der Waals surface area contributed by atoms with Crippen molar-refractivity contribution in [3.63, 3.8) is 0 Å². The molecule has 1 amide bonds. The van der Waals surface area contributed by atoms with Crippen LogP contribution in [-0.2, 0) is 4.79 Å². The van der Waals surface area contributed by atoms with E-state index in [1.165, 1.54) is 17.3 Å². The van der Waals surface area contributed by atoms with Gasteiger partial charge in [0.2, 0.25) is 5.78 Å². The lowest BCUT2D eigenvalue weighted by Crippen LogP contribution is -2.36. The highest BCUT2D eigenvalue weighted by Gasteiger charge is 2.20. The molecule has 0 fully saturated rings. The Bertz CT molecular complexity index is 345. The summed E-state index contributed by atoms with van der Waals surface area (Å²) in [6.45, 7) is 4.79. The Morgan fingerprint density at radius 3 is 2.20 bits per heavy atom. The number of hydrogen-bond donors (Lipinski definition) is 0. The third-order valence-electron chi connectivity index (χ3n) is 2.19. The molecule has 0 aliphatic heterocycles. The first kappa shape index (κ1) is 11.4. The number of nitrogens with zero attached hydrogens (tertiary/aromatic N) is 2. The minimum atomic E-state index is -0.471. The summed E-state index contributed by atoms with van der Waals surface area (Å²) in [5, 5.41) is 0. The minimum Gasteiger partial charge on any atom is -0.336 e. The smallest absolute Gasteiger partial charge is 0.294 e. The van der Waals surface area contributed by atoms with Crippen molar-refractivity contribution in [2.24, 2.45) is 0 Å². The zero-order valence-electron chi connectivity index (χ0n) is 8.93. The summed E-state index contributed by atoms with van der Waals surface area (Å²) in [6, 6.07) is 3.09. The van der Waals surface area contributed by atoms with Crippen LogP contribution in [0.15, 0.2) is 24.5 Å². The van der Waals surface area contributed by atoms with Gasteiger partial charge in [0, 0.05) is 31.0 Å². The van der Waals surface area contributed by atoms with Crippen molar-refractivity contribution in [1.29, 1.82) is 0 Å². The largest absolute Gasteiger partial charge is 0.336 e. The van der Waals surface area contributed by atoms with Gasteiger partial charge in [-0.15, -0.1) is 0 Å². The van der Waals surface area contributed by atoms with Crippen molar-refractivity contribution in [3.8, 4) is 0 Å². The fourth-order valence-corrected chi connectivity index (χ4v) is 1.28. The molecule has 80 valence electrons. The number of likely N-dealkylation sites (N-methyl/N-ethyl adjacent to an activating group) is 1. The van der Waals surface area contributed by atoms with Gasteiger partial charge in [-0.1, -0.05) is 0 Å². The molecule has 1 aromatic heterocycles. The summed E-state index contributed by atoms with van der Waals surface area (Å²) in [4.78, 5) is 28.6. The van der Waals surface area contributed by atoms with E-state index in [4.69, 9.17) is 0 Å². The van der Waals surface area contributed by atoms with Gasteiger partial charge in [0.05, 0.1) is 0 Å². The van der Waals surface area contributed by atoms with Crippen LogP contribution < -0.4 is 0 Å². The second-order valence-electron chi connectivity index (χ2n) is 3.04. The summed E-state index contributed by atoms with van der Waals surface area (Å²) in [5.41, 5.74) is 0.391. The highest BCUT2D eigenvalue weighted by atomic mass is 16.2. The van der Waals surface area contributed by atoms with Gasteiger partial charge in [0.1, 0.15) is 0 Å². The van der Waals surface area contributed by atoms with E-state index in [9.17, 15) is 9.59 Å². The van der Waals surface area contributed by atoms with Gasteiger partial charge in [0.15, 0.2) is 0 Å². The Kier molecular flexibility index (Phi) is 3.97. The molecule has 0 aromatic carbocycles. The number of rotatable bonds is 4. The summed E-state index contributed by atoms with van der Waals surface area (Å²) < 4.78 is 0. The number of aromatic nitrogens is 1. The lowest BCUT2D eigenvalue weighted by Gasteiger charge is -2.17. The molecule has 1 heterocycles. The number of carbonyl (C=O) groups is 2. The summed E-state index contributed by atoms with van der Waals surface area (Å²) in [7, 11) is 0. The normalized spacial score (nSPS) is 9.73.